The lowest BCUT2D eigenvalue weighted by molar-refractivity contribution is 0.268. The molecule has 21 heavy (non-hydrogen) atoms. The van der Waals surface area contributed by atoms with Gasteiger partial charge < -0.3 is 5.32 Å². The zero-order valence-corrected chi connectivity index (χ0v) is 13.1. The molecule has 0 saturated carbocycles. The second-order valence-electron chi connectivity index (χ2n) is 5.55. The average molecular weight is 307 g/mol. The summed E-state index contributed by atoms with van der Waals surface area (Å²) in [6.45, 7) is 2.93. The maximum atomic E-state index is 11.4. The number of rotatable bonds is 5. The predicted octanol–water partition coefficient (Wildman–Crippen LogP) is 1.32. The van der Waals surface area contributed by atoms with E-state index >= 15 is 0 Å². The normalized spacial score (nSPS) is 17.5. The van der Waals surface area contributed by atoms with Crippen LogP contribution in [0.1, 0.15) is 24.0 Å². The Balaban J connectivity index is 1.71. The van der Waals surface area contributed by atoms with Gasteiger partial charge in [-0.2, -0.15) is 5.26 Å². The van der Waals surface area contributed by atoms with Gasteiger partial charge in [0.15, 0.2) is 0 Å². The fraction of sp³-hybridized carbons (Fsp3) is 0.533. The predicted molar refractivity (Wildman–Crippen MR) is 82.0 cm³/mol. The summed E-state index contributed by atoms with van der Waals surface area (Å²) in [5.74, 6) is 0.529. The van der Waals surface area contributed by atoms with Gasteiger partial charge in [-0.25, -0.2) is 12.7 Å². The smallest absolute Gasteiger partial charge is 0.211 e. The number of nitrogens with one attached hydrogen (secondary N) is 1. The fourth-order valence-corrected chi connectivity index (χ4v) is 3.44. The Morgan fingerprint density at radius 3 is 2.43 bits per heavy atom. The van der Waals surface area contributed by atoms with E-state index in [2.05, 4.69) is 11.4 Å². The fourth-order valence-electron chi connectivity index (χ4n) is 2.56. The minimum atomic E-state index is -3.03. The van der Waals surface area contributed by atoms with E-state index in [9.17, 15) is 8.42 Å². The zero-order chi connectivity index (χ0) is 15.3. The van der Waals surface area contributed by atoms with Crippen molar-refractivity contribution in [1.29, 1.82) is 5.26 Å². The molecule has 1 aromatic rings. The van der Waals surface area contributed by atoms with E-state index in [1.165, 1.54) is 6.26 Å². The van der Waals surface area contributed by atoms with Crippen LogP contribution in [-0.2, 0) is 16.6 Å². The Morgan fingerprint density at radius 2 is 1.90 bits per heavy atom. The molecule has 6 heteroatoms. The average Bonchev–Trinajstić information content (AvgIpc) is 2.47. The number of sulfonamides is 1. The van der Waals surface area contributed by atoms with Gasteiger partial charge in [0, 0.05) is 19.6 Å². The quantitative estimate of drug-likeness (QED) is 0.890. The second kappa shape index (κ2) is 7.03. The van der Waals surface area contributed by atoms with Crippen molar-refractivity contribution in [3.05, 3.63) is 35.4 Å². The standard InChI is InChI=1S/C15H21N3O2S/c1-21(19,20)18-8-6-15(7-9-18)12-17-11-14-4-2-13(10-16)3-5-14/h2-5,15,17H,6-9,11-12H2,1H3. The topological polar surface area (TPSA) is 73.2 Å². The molecule has 0 aromatic heterocycles. The van der Waals surface area contributed by atoms with Crippen LogP contribution in [0.25, 0.3) is 0 Å². The summed E-state index contributed by atoms with van der Waals surface area (Å²) in [6.07, 6.45) is 3.09. The molecule has 2 rings (SSSR count). The van der Waals surface area contributed by atoms with Crippen molar-refractivity contribution in [2.45, 2.75) is 19.4 Å². The number of piperidine rings is 1. The Labute approximate surface area is 126 Å². The molecule has 1 aliphatic heterocycles. The zero-order valence-electron chi connectivity index (χ0n) is 12.2. The highest BCUT2D eigenvalue weighted by Crippen LogP contribution is 2.18. The first-order valence-electron chi connectivity index (χ1n) is 7.14. The summed E-state index contributed by atoms with van der Waals surface area (Å²) in [5.41, 5.74) is 1.83. The maximum Gasteiger partial charge on any atom is 0.211 e. The molecule has 114 valence electrons. The summed E-state index contributed by atoms with van der Waals surface area (Å²) in [5, 5.41) is 12.2. The van der Waals surface area contributed by atoms with Crippen LogP contribution in [0.5, 0.6) is 0 Å². The Bertz CT molecular complexity index is 597. The third-order valence-corrected chi connectivity index (χ3v) is 5.19. The van der Waals surface area contributed by atoms with E-state index in [-0.39, 0.29) is 0 Å². The van der Waals surface area contributed by atoms with Crippen molar-refractivity contribution in [2.24, 2.45) is 5.92 Å². The van der Waals surface area contributed by atoms with Gasteiger partial charge in [-0.15, -0.1) is 0 Å². The second-order valence-corrected chi connectivity index (χ2v) is 7.53. The van der Waals surface area contributed by atoms with Gasteiger partial charge in [-0.3, -0.25) is 0 Å². The van der Waals surface area contributed by atoms with E-state index in [0.29, 0.717) is 24.6 Å². The first-order valence-corrected chi connectivity index (χ1v) is 8.99. The lowest BCUT2D eigenvalue weighted by Gasteiger charge is -2.30. The van der Waals surface area contributed by atoms with Crippen molar-refractivity contribution in [1.82, 2.24) is 9.62 Å². The summed E-state index contributed by atoms with van der Waals surface area (Å²) >= 11 is 0. The van der Waals surface area contributed by atoms with Crippen molar-refractivity contribution in [3.63, 3.8) is 0 Å². The molecule has 1 heterocycles. The minimum absolute atomic E-state index is 0.529. The molecule has 1 fully saturated rings. The van der Waals surface area contributed by atoms with E-state index < -0.39 is 10.0 Å². The summed E-state index contributed by atoms with van der Waals surface area (Å²) < 4.78 is 24.4. The highest BCUT2D eigenvalue weighted by Gasteiger charge is 2.24. The van der Waals surface area contributed by atoms with Crippen LogP contribution in [0, 0.1) is 17.2 Å². The van der Waals surface area contributed by atoms with Crippen LogP contribution in [0.4, 0.5) is 0 Å². The molecular formula is C15H21N3O2S. The molecule has 0 spiro atoms. The van der Waals surface area contributed by atoms with E-state index in [1.54, 1.807) is 4.31 Å². The molecule has 1 aliphatic rings. The monoisotopic (exact) mass is 307 g/mol. The minimum Gasteiger partial charge on any atom is -0.312 e. The van der Waals surface area contributed by atoms with Gasteiger partial charge in [0.25, 0.3) is 0 Å². The number of hydrogen-bond donors (Lipinski definition) is 1. The number of nitrogens with zero attached hydrogens (tertiary/aromatic N) is 2. The Hall–Kier alpha value is -1.42. The first kappa shape index (κ1) is 16.0. The van der Waals surface area contributed by atoms with Gasteiger partial charge in [0.05, 0.1) is 17.9 Å². The van der Waals surface area contributed by atoms with Crippen LogP contribution < -0.4 is 5.32 Å². The molecule has 0 unspecified atom stereocenters. The van der Waals surface area contributed by atoms with Crippen LogP contribution in [0.15, 0.2) is 24.3 Å². The summed E-state index contributed by atoms with van der Waals surface area (Å²) in [4.78, 5) is 0. The number of benzene rings is 1. The maximum absolute atomic E-state index is 11.4. The molecule has 1 aromatic carbocycles. The van der Waals surface area contributed by atoms with Gasteiger partial charge in [-0.05, 0) is 43.0 Å². The molecular weight excluding hydrogens is 286 g/mol. The third kappa shape index (κ3) is 4.81. The molecule has 0 bridgehead atoms. The Kier molecular flexibility index (Phi) is 5.34. The molecule has 5 nitrogen and oxygen atoms in total. The van der Waals surface area contributed by atoms with E-state index in [4.69, 9.17) is 5.26 Å². The molecule has 0 aliphatic carbocycles. The molecule has 0 amide bonds. The third-order valence-electron chi connectivity index (χ3n) is 3.89. The van der Waals surface area contributed by atoms with Crippen molar-refractivity contribution in [3.8, 4) is 6.07 Å². The van der Waals surface area contributed by atoms with Gasteiger partial charge in [0.1, 0.15) is 0 Å². The molecule has 1 saturated heterocycles. The SMILES string of the molecule is CS(=O)(=O)N1CCC(CNCc2ccc(C#N)cc2)CC1. The summed E-state index contributed by atoms with van der Waals surface area (Å²) in [6, 6.07) is 9.66. The number of nitriles is 1. The van der Waals surface area contributed by atoms with Gasteiger partial charge in [-0.1, -0.05) is 12.1 Å². The Morgan fingerprint density at radius 1 is 1.29 bits per heavy atom. The lowest BCUT2D eigenvalue weighted by atomic mass is 9.98. The molecule has 0 atom stereocenters. The lowest BCUT2D eigenvalue weighted by Crippen LogP contribution is -2.40. The number of hydrogen-bond acceptors (Lipinski definition) is 4. The van der Waals surface area contributed by atoms with Crippen molar-refractivity contribution < 1.29 is 8.42 Å². The van der Waals surface area contributed by atoms with Crippen LogP contribution in [0.3, 0.4) is 0 Å². The van der Waals surface area contributed by atoms with Crippen molar-refractivity contribution in [2.75, 3.05) is 25.9 Å². The first-order chi connectivity index (χ1) is 9.99. The van der Waals surface area contributed by atoms with Crippen LogP contribution in [-0.4, -0.2) is 38.6 Å². The van der Waals surface area contributed by atoms with Crippen LogP contribution in [0.2, 0.25) is 0 Å². The van der Waals surface area contributed by atoms with E-state index in [1.807, 2.05) is 24.3 Å². The molecule has 1 N–H and O–H groups in total. The van der Waals surface area contributed by atoms with Gasteiger partial charge >= 0.3 is 0 Å². The van der Waals surface area contributed by atoms with Crippen LogP contribution >= 0.6 is 0 Å². The molecule has 0 radical (unpaired) electrons. The van der Waals surface area contributed by atoms with Gasteiger partial charge in [0.2, 0.25) is 10.0 Å². The van der Waals surface area contributed by atoms with Crippen molar-refractivity contribution >= 4 is 10.0 Å². The van der Waals surface area contributed by atoms with E-state index in [0.717, 1.165) is 31.5 Å². The largest absolute Gasteiger partial charge is 0.312 e. The highest BCUT2D eigenvalue weighted by molar-refractivity contribution is 7.88. The highest BCUT2D eigenvalue weighted by atomic mass is 32.2. The summed E-state index contributed by atoms with van der Waals surface area (Å²) in [7, 11) is -3.03.